The van der Waals surface area contributed by atoms with E-state index in [4.69, 9.17) is 23.4 Å². The number of aliphatic hydroxyl groups excluding tert-OH is 1. The summed E-state index contributed by atoms with van der Waals surface area (Å²) < 4.78 is 35.1. The third kappa shape index (κ3) is 4.79. The lowest BCUT2D eigenvalue weighted by molar-refractivity contribution is -0.226. The molecule has 6 fully saturated rings. The number of hydrogen-bond donors (Lipinski definition) is 3. The quantitative estimate of drug-likeness (QED) is 0.330. The number of rotatable bonds is 9. The highest BCUT2D eigenvalue weighted by Gasteiger charge is 2.79. The standard InChI is InChI=1S/C20H32N2O5Si.C14H18N2O5/c1-6-20-15(27-28(7-2,8-3)9-4)14(25-19(20)10-11-19)17(26-20)22-12-13(5)16(23)21-18(22)24;1-3-14-9(17)8(20-13(14)4-5-13)11(21-14)16-6-7(2)10(18)15-12(16)19/h12,14-15,17H,6-11H2,1-5H3,(H,21,23,24);6,8-9,11,17H,3-5H2,1-2H3,(H,15,18,19)/t14-,15?,17+,20+;8-,9?,11+,14+/m00/s1. The molecule has 6 aliphatic rings. The zero-order valence-electron chi connectivity index (χ0n) is 29.5. The van der Waals surface area contributed by atoms with Gasteiger partial charge in [-0.1, -0.05) is 34.6 Å². The van der Waals surface area contributed by atoms with Crippen molar-refractivity contribution >= 4 is 8.32 Å². The van der Waals surface area contributed by atoms with E-state index in [1.807, 2.05) is 6.92 Å². The Morgan fingerprint density at radius 1 is 0.735 bits per heavy atom. The van der Waals surface area contributed by atoms with Crippen LogP contribution in [-0.4, -0.2) is 79.3 Å². The molecule has 2 saturated carbocycles. The fourth-order valence-corrected chi connectivity index (χ4v) is 12.1. The minimum Gasteiger partial charge on any atom is -0.408 e. The Bertz CT molecular complexity index is 1850. The molecular formula is C34H50N4O10Si. The third-order valence-electron chi connectivity index (χ3n) is 12.6. The number of nitrogens with one attached hydrogen (secondary N) is 2. The number of aromatic nitrogens is 4. The molecule has 2 aromatic rings. The zero-order chi connectivity index (χ0) is 35.3. The van der Waals surface area contributed by atoms with Gasteiger partial charge in [0, 0.05) is 23.5 Å². The molecule has 2 aromatic heterocycles. The van der Waals surface area contributed by atoms with Crippen molar-refractivity contribution in [3.05, 3.63) is 65.2 Å². The molecule has 6 heterocycles. The van der Waals surface area contributed by atoms with Crippen molar-refractivity contribution in [3.63, 3.8) is 0 Å². The van der Waals surface area contributed by atoms with E-state index in [-0.39, 0.29) is 29.0 Å². The fraction of sp³-hybridized carbons (Fsp3) is 0.765. The van der Waals surface area contributed by atoms with Gasteiger partial charge in [-0.05, 0) is 70.5 Å². The largest absolute Gasteiger partial charge is 0.408 e. The fourth-order valence-electron chi connectivity index (χ4n) is 9.19. The number of aliphatic hydroxyl groups is 1. The molecule has 2 spiro atoms. The van der Waals surface area contributed by atoms with Gasteiger partial charge in [0.15, 0.2) is 20.8 Å². The molecule has 14 nitrogen and oxygen atoms in total. The summed E-state index contributed by atoms with van der Waals surface area (Å²) in [6.45, 7) is 14.1. The van der Waals surface area contributed by atoms with Gasteiger partial charge < -0.3 is 28.5 Å². The van der Waals surface area contributed by atoms with Gasteiger partial charge in [0.05, 0.1) is 0 Å². The highest BCUT2D eigenvalue weighted by atomic mass is 28.4. The molecule has 4 saturated heterocycles. The van der Waals surface area contributed by atoms with E-state index < -0.39 is 61.1 Å². The molecule has 4 bridgehead atoms. The number of fused-ring (bicyclic) bond motifs is 6. The summed E-state index contributed by atoms with van der Waals surface area (Å²) in [5.74, 6) is 0. The maximum atomic E-state index is 12.5. The maximum absolute atomic E-state index is 12.5. The van der Waals surface area contributed by atoms with Crippen molar-refractivity contribution in [1.82, 2.24) is 19.1 Å². The normalized spacial score (nSPS) is 35.6. The smallest absolute Gasteiger partial charge is 0.330 e. The molecule has 2 aliphatic carbocycles. The second-order valence-corrected chi connectivity index (χ2v) is 19.6. The van der Waals surface area contributed by atoms with Crippen molar-refractivity contribution in [2.75, 3.05) is 0 Å². The molecule has 8 atom stereocenters. The van der Waals surface area contributed by atoms with Crippen LogP contribution in [0, 0.1) is 13.8 Å². The van der Waals surface area contributed by atoms with Gasteiger partial charge >= 0.3 is 11.4 Å². The highest BCUT2D eigenvalue weighted by molar-refractivity contribution is 6.73. The molecule has 270 valence electrons. The predicted octanol–water partition coefficient (Wildman–Crippen LogP) is 2.66. The van der Waals surface area contributed by atoms with Gasteiger partial charge in [0.1, 0.15) is 46.8 Å². The first-order chi connectivity index (χ1) is 23.2. The lowest BCUT2D eigenvalue weighted by Gasteiger charge is -2.40. The number of ether oxygens (including phenoxy) is 4. The van der Waals surface area contributed by atoms with Gasteiger partial charge in [0.25, 0.3) is 11.1 Å². The molecule has 8 rings (SSSR count). The Morgan fingerprint density at radius 2 is 1.16 bits per heavy atom. The van der Waals surface area contributed by atoms with Gasteiger partial charge in [0.2, 0.25) is 0 Å². The lowest BCUT2D eigenvalue weighted by Crippen LogP contribution is -2.53. The van der Waals surface area contributed by atoms with Crippen LogP contribution in [0.25, 0.3) is 0 Å². The molecule has 49 heavy (non-hydrogen) atoms. The van der Waals surface area contributed by atoms with Crippen LogP contribution >= 0.6 is 0 Å². The van der Waals surface area contributed by atoms with Crippen molar-refractivity contribution in [2.45, 2.75) is 164 Å². The van der Waals surface area contributed by atoms with Crippen LogP contribution in [0.3, 0.4) is 0 Å². The summed E-state index contributed by atoms with van der Waals surface area (Å²) in [7, 11) is -1.89. The van der Waals surface area contributed by atoms with Gasteiger partial charge in [-0.3, -0.25) is 28.7 Å². The second-order valence-electron chi connectivity index (χ2n) is 14.8. The summed E-state index contributed by atoms with van der Waals surface area (Å²) in [4.78, 5) is 52.5. The van der Waals surface area contributed by atoms with Crippen LogP contribution in [0.1, 0.15) is 96.7 Å². The zero-order valence-corrected chi connectivity index (χ0v) is 30.5. The van der Waals surface area contributed by atoms with Gasteiger partial charge in [-0.25, -0.2) is 9.59 Å². The molecule has 2 unspecified atom stereocenters. The molecule has 0 aromatic carbocycles. The van der Waals surface area contributed by atoms with E-state index in [9.17, 15) is 24.3 Å². The number of aryl methyl sites for hydroxylation is 2. The molecule has 0 radical (unpaired) electrons. The Labute approximate surface area is 285 Å². The van der Waals surface area contributed by atoms with E-state index in [1.54, 1.807) is 20.0 Å². The van der Waals surface area contributed by atoms with Crippen LogP contribution in [-0.2, 0) is 23.4 Å². The van der Waals surface area contributed by atoms with Crippen LogP contribution in [0.15, 0.2) is 31.6 Å². The average molecular weight is 703 g/mol. The van der Waals surface area contributed by atoms with E-state index in [0.717, 1.165) is 50.2 Å². The van der Waals surface area contributed by atoms with E-state index in [1.165, 1.54) is 15.3 Å². The van der Waals surface area contributed by atoms with Gasteiger partial charge in [-0.15, -0.1) is 0 Å². The van der Waals surface area contributed by atoms with Crippen molar-refractivity contribution in [1.29, 1.82) is 0 Å². The molecule has 4 aliphatic heterocycles. The average Bonchev–Trinajstić information content (AvgIpc) is 3.97. The van der Waals surface area contributed by atoms with Crippen LogP contribution in [0.2, 0.25) is 18.1 Å². The van der Waals surface area contributed by atoms with Crippen LogP contribution in [0.5, 0.6) is 0 Å². The van der Waals surface area contributed by atoms with Crippen molar-refractivity contribution in [3.8, 4) is 0 Å². The summed E-state index contributed by atoms with van der Waals surface area (Å²) in [6, 6.07) is 3.16. The van der Waals surface area contributed by atoms with Gasteiger partial charge in [-0.2, -0.15) is 0 Å². The number of H-pyrrole nitrogens is 2. The maximum Gasteiger partial charge on any atom is 0.330 e. The molecular weight excluding hydrogens is 652 g/mol. The van der Waals surface area contributed by atoms with Crippen LogP contribution < -0.4 is 22.5 Å². The molecule has 15 heteroatoms. The summed E-state index contributed by atoms with van der Waals surface area (Å²) in [5, 5.41) is 10.6. The number of aromatic amines is 2. The second kappa shape index (κ2) is 11.7. The van der Waals surface area contributed by atoms with E-state index in [2.05, 4.69) is 37.7 Å². The first-order valence-corrected chi connectivity index (χ1v) is 20.5. The predicted molar refractivity (Wildman–Crippen MR) is 180 cm³/mol. The van der Waals surface area contributed by atoms with Crippen LogP contribution in [0.4, 0.5) is 0 Å². The molecule has 3 N–H and O–H groups in total. The first-order valence-electron chi connectivity index (χ1n) is 18.0. The Hall–Kier alpha value is -2.66. The highest BCUT2D eigenvalue weighted by Crippen LogP contribution is 2.67. The summed E-state index contributed by atoms with van der Waals surface area (Å²) in [5.41, 5.74) is -2.81. The minimum absolute atomic E-state index is 0.171. The first kappa shape index (κ1) is 34.8. The van der Waals surface area contributed by atoms with E-state index >= 15 is 0 Å². The SMILES string of the molecule is CC[C@]12O[C@@H](n3cc(C)c(=O)[nH]c3=O)[C@@H](OC13CC3)C2O.CC[C@]12O[C@@H](n3cc(C)c(=O)[nH]c3=O)[C@@H](OC13CC3)C2O[Si](CC)(CC)CC. The Morgan fingerprint density at radius 3 is 1.61 bits per heavy atom. The lowest BCUT2D eigenvalue weighted by atomic mass is 9.88. The topological polar surface area (TPSA) is 176 Å². The number of hydrogen-bond acceptors (Lipinski definition) is 10. The summed E-state index contributed by atoms with van der Waals surface area (Å²) in [6.07, 6.45) is 5.05. The Balaban J connectivity index is 0.000000160. The molecule has 0 amide bonds. The Kier molecular flexibility index (Phi) is 8.29. The summed E-state index contributed by atoms with van der Waals surface area (Å²) >= 11 is 0. The minimum atomic E-state index is -1.89. The van der Waals surface area contributed by atoms with Crippen molar-refractivity contribution in [2.24, 2.45) is 0 Å². The van der Waals surface area contributed by atoms with E-state index in [0.29, 0.717) is 17.5 Å². The third-order valence-corrected chi connectivity index (χ3v) is 17.3. The number of nitrogens with zero attached hydrogens (tertiary/aromatic N) is 2. The van der Waals surface area contributed by atoms with Crippen molar-refractivity contribution < 1.29 is 28.5 Å². The monoisotopic (exact) mass is 702 g/mol.